The van der Waals surface area contributed by atoms with Crippen LogP contribution in [0.2, 0.25) is 0 Å². The number of nitrogens with one attached hydrogen (secondary N) is 1. The molecule has 0 saturated heterocycles. The SMILES string of the molecule is Cc1c(NC(=O)c2cc([N+](=O)[O-])cc([N+](=O)[O-])c2)ccc2nccn12. The lowest BCUT2D eigenvalue weighted by Gasteiger charge is -2.10. The van der Waals surface area contributed by atoms with Gasteiger partial charge in [-0.25, -0.2) is 4.98 Å². The number of hydrogen-bond acceptors (Lipinski definition) is 6. The monoisotopic (exact) mass is 341 g/mol. The van der Waals surface area contributed by atoms with Gasteiger partial charge >= 0.3 is 0 Å². The highest BCUT2D eigenvalue weighted by Gasteiger charge is 2.20. The Bertz CT molecular complexity index is 994. The molecule has 1 amide bonds. The van der Waals surface area contributed by atoms with Crippen LogP contribution in [-0.4, -0.2) is 25.1 Å². The highest BCUT2D eigenvalue weighted by Crippen LogP contribution is 2.24. The molecule has 3 rings (SSSR count). The lowest BCUT2D eigenvalue weighted by molar-refractivity contribution is -0.394. The number of nitro groups is 2. The molecule has 0 fully saturated rings. The number of non-ortho nitro benzene ring substituents is 2. The Hall–Kier alpha value is -3.82. The number of rotatable bonds is 4. The molecule has 126 valence electrons. The minimum Gasteiger partial charge on any atom is -0.320 e. The number of imidazole rings is 1. The standard InChI is InChI=1S/C15H11N5O5/c1-9-13(2-3-14-16-4-5-18(9)14)17-15(21)10-6-11(19(22)23)8-12(7-10)20(24)25/h2-8H,1H3,(H,17,21). The van der Waals surface area contributed by atoms with E-state index in [0.29, 0.717) is 17.0 Å². The average Bonchev–Trinajstić information content (AvgIpc) is 3.06. The van der Waals surface area contributed by atoms with Crippen molar-refractivity contribution in [2.24, 2.45) is 0 Å². The van der Waals surface area contributed by atoms with Gasteiger partial charge in [-0.2, -0.15) is 0 Å². The number of carbonyl (C=O) groups excluding carboxylic acids is 1. The van der Waals surface area contributed by atoms with Crippen LogP contribution in [0.1, 0.15) is 16.1 Å². The van der Waals surface area contributed by atoms with Crippen LogP contribution in [0.15, 0.2) is 42.7 Å². The van der Waals surface area contributed by atoms with E-state index in [0.717, 1.165) is 18.2 Å². The summed E-state index contributed by atoms with van der Waals surface area (Å²) < 4.78 is 1.76. The van der Waals surface area contributed by atoms with Crippen molar-refractivity contribution in [3.05, 3.63) is 74.2 Å². The Morgan fingerprint density at radius 3 is 2.36 bits per heavy atom. The third-order valence-corrected chi connectivity index (χ3v) is 3.65. The summed E-state index contributed by atoms with van der Waals surface area (Å²) in [4.78, 5) is 36.8. The summed E-state index contributed by atoms with van der Waals surface area (Å²) in [6, 6.07) is 6.13. The fraction of sp³-hybridized carbons (Fsp3) is 0.0667. The molecule has 1 N–H and O–H groups in total. The van der Waals surface area contributed by atoms with Crippen LogP contribution >= 0.6 is 0 Å². The van der Waals surface area contributed by atoms with Crippen molar-refractivity contribution in [2.45, 2.75) is 6.92 Å². The van der Waals surface area contributed by atoms with Crippen LogP contribution in [0.4, 0.5) is 17.1 Å². The fourth-order valence-corrected chi connectivity index (χ4v) is 2.39. The zero-order valence-electron chi connectivity index (χ0n) is 12.9. The maximum absolute atomic E-state index is 12.4. The molecule has 0 bridgehead atoms. The maximum Gasteiger partial charge on any atom is 0.277 e. The number of pyridine rings is 1. The first-order chi connectivity index (χ1) is 11.9. The number of hydrogen-bond donors (Lipinski definition) is 1. The number of nitro benzene ring substituents is 2. The van der Waals surface area contributed by atoms with Gasteiger partial charge in [0.15, 0.2) is 0 Å². The van der Waals surface area contributed by atoms with E-state index in [2.05, 4.69) is 10.3 Å². The molecule has 0 saturated carbocycles. The van der Waals surface area contributed by atoms with E-state index < -0.39 is 27.1 Å². The van der Waals surface area contributed by atoms with Crippen LogP contribution < -0.4 is 5.32 Å². The number of aryl methyl sites for hydroxylation is 1. The molecular formula is C15H11N5O5. The van der Waals surface area contributed by atoms with Crippen LogP contribution in [0.3, 0.4) is 0 Å². The van der Waals surface area contributed by atoms with Gasteiger partial charge < -0.3 is 9.72 Å². The zero-order valence-corrected chi connectivity index (χ0v) is 12.9. The Kier molecular flexibility index (Phi) is 3.85. The predicted molar refractivity (Wildman–Crippen MR) is 87.6 cm³/mol. The molecule has 0 atom stereocenters. The summed E-state index contributed by atoms with van der Waals surface area (Å²) in [5.74, 6) is -0.686. The van der Waals surface area contributed by atoms with Crippen molar-refractivity contribution in [2.75, 3.05) is 5.32 Å². The van der Waals surface area contributed by atoms with Crippen LogP contribution in [0.5, 0.6) is 0 Å². The molecule has 0 spiro atoms. The van der Waals surface area contributed by atoms with Gasteiger partial charge in [-0.05, 0) is 19.1 Å². The molecule has 0 radical (unpaired) electrons. The summed E-state index contributed by atoms with van der Waals surface area (Å²) >= 11 is 0. The molecule has 0 aliphatic rings. The third kappa shape index (κ3) is 3.00. The first kappa shape index (κ1) is 16.1. The second-order valence-electron chi connectivity index (χ2n) is 5.19. The average molecular weight is 341 g/mol. The molecular weight excluding hydrogens is 330 g/mol. The second kappa shape index (κ2) is 6.00. The molecule has 3 aromatic rings. The third-order valence-electron chi connectivity index (χ3n) is 3.65. The highest BCUT2D eigenvalue weighted by atomic mass is 16.6. The normalized spacial score (nSPS) is 10.6. The van der Waals surface area contributed by atoms with Crippen molar-refractivity contribution in [3.63, 3.8) is 0 Å². The van der Waals surface area contributed by atoms with Crippen LogP contribution in [-0.2, 0) is 0 Å². The second-order valence-corrected chi connectivity index (χ2v) is 5.19. The largest absolute Gasteiger partial charge is 0.320 e. The summed E-state index contributed by atoms with van der Waals surface area (Å²) in [6.07, 6.45) is 3.33. The Morgan fingerprint density at radius 2 is 1.76 bits per heavy atom. The van der Waals surface area contributed by atoms with E-state index in [4.69, 9.17) is 0 Å². The van der Waals surface area contributed by atoms with Crippen LogP contribution in [0, 0.1) is 27.2 Å². The van der Waals surface area contributed by atoms with E-state index in [1.165, 1.54) is 0 Å². The zero-order chi connectivity index (χ0) is 18.1. The van der Waals surface area contributed by atoms with Gasteiger partial charge in [-0.15, -0.1) is 0 Å². The minimum atomic E-state index is -0.785. The Morgan fingerprint density at radius 1 is 1.12 bits per heavy atom. The van der Waals surface area contributed by atoms with E-state index in [9.17, 15) is 25.0 Å². The summed E-state index contributed by atoms with van der Waals surface area (Å²) in [5.41, 5.74) is 0.628. The highest BCUT2D eigenvalue weighted by molar-refractivity contribution is 6.05. The van der Waals surface area contributed by atoms with Gasteiger partial charge in [-0.1, -0.05) is 0 Å². The number of carbonyl (C=O) groups is 1. The molecule has 0 aliphatic heterocycles. The van der Waals surface area contributed by atoms with Gasteiger partial charge in [0, 0.05) is 30.2 Å². The molecule has 0 aliphatic carbocycles. The van der Waals surface area contributed by atoms with Crippen molar-refractivity contribution in [1.82, 2.24) is 9.38 Å². The molecule has 10 heteroatoms. The summed E-state index contributed by atoms with van der Waals surface area (Å²) in [6.45, 7) is 1.76. The van der Waals surface area contributed by atoms with Crippen molar-refractivity contribution in [1.29, 1.82) is 0 Å². The number of amides is 1. The number of benzene rings is 1. The molecule has 1 aromatic carbocycles. The van der Waals surface area contributed by atoms with Crippen molar-refractivity contribution >= 4 is 28.6 Å². The lowest BCUT2D eigenvalue weighted by Crippen LogP contribution is -2.14. The minimum absolute atomic E-state index is 0.175. The summed E-state index contributed by atoms with van der Waals surface area (Å²) in [7, 11) is 0. The van der Waals surface area contributed by atoms with Crippen LogP contribution in [0.25, 0.3) is 5.65 Å². The van der Waals surface area contributed by atoms with E-state index >= 15 is 0 Å². The number of fused-ring (bicyclic) bond motifs is 1. The first-order valence-electron chi connectivity index (χ1n) is 7.04. The van der Waals surface area contributed by atoms with Gasteiger partial charge in [0.2, 0.25) is 0 Å². The molecule has 2 aromatic heterocycles. The molecule has 0 unspecified atom stereocenters. The van der Waals surface area contributed by atoms with Gasteiger partial charge in [-0.3, -0.25) is 25.0 Å². The van der Waals surface area contributed by atoms with Gasteiger partial charge in [0.05, 0.1) is 27.2 Å². The fourth-order valence-electron chi connectivity index (χ4n) is 2.39. The maximum atomic E-state index is 12.4. The number of aromatic nitrogens is 2. The van der Waals surface area contributed by atoms with Crippen molar-refractivity contribution < 1.29 is 14.6 Å². The first-order valence-corrected chi connectivity index (χ1v) is 7.04. The van der Waals surface area contributed by atoms with E-state index in [-0.39, 0.29) is 5.56 Å². The smallest absolute Gasteiger partial charge is 0.277 e. The van der Waals surface area contributed by atoms with Crippen molar-refractivity contribution in [3.8, 4) is 0 Å². The molecule has 2 heterocycles. The Labute approximate surface area is 140 Å². The molecule has 10 nitrogen and oxygen atoms in total. The van der Waals surface area contributed by atoms with E-state index in [1.807, 2.05) is 0 Å². The van der Waals surface area contributed by atoms with E-state index in [1.54, 1.807) is 35.9 Å². The summed E-state index contributed by atoms with van der Waals surface area (Å²) in [5, 5.41) is 24.4. The van der Waals surface area contributed by atoms with Gasteiger partial charge in [0.1, 0.15) is 5.65 Å². The Balaban J connectivity index is 1.98. The van der Waals surface area contributed by atoms with Gasteiger partial charge in [0.25, 0.3) is 17.3 Å². The quantitative estimate of drug-likeness (QED) is 0.573. The molecule has 25 heavy (non-hydrogen) atoms. The lowest BCUT2D eigenvalue weighted by atomic mass is 10.1. The predicted octanol–water partition coefficient (Wildman–Crippen LogP) is 2.71. The number of anilines is 1. The topological polar surface area (TPSA) is 133 Å². The number of nitrogens with zero attached hydrogens (tertiary/aromatic N) is 4.